The van der Waals surface area contributed by atoms with Crippen LogP contribution >= 0.6 is 11.8 Å². The zero-order valence-electron chi connectivity index (χ0n) is 15.0. The van der Waals surface area contributed by atoms with Crippen LogP contribution in [-0.2, 0) is 12.5 Å². The summed E-state index contributed by atoms with van der Waals surface area (Å²) in [4.78, 5) is 4.46. The second kappa shape index (κ2) is 6.84. The lowest BCUT2D eigenvalue weighted by Gasteiger charge is -2.10. The average molecular weight is 369 g/mol. The van der Waals surface area contributed by atoms with E-state index in [1.54, 1.807) is 4.57 Å². The Balaban J connectivity index is 1.86. The smallest absolute Gasteiger partial charge is 0.277 e. The number of benzene rings is 1. The van der Waals surface area contributed by atoms with E-state index in [4.69, 9.17) is 4.42 Å². The Morgan fingerprint density at radius 3 is 2.65 bits per heavy atom. The summed E-state index contributed by atoms with van der Waals surface area (Å²) in [6, 6.07) is 9.62. The van der Waals surface area contributed by atoms with Gasteiger partial charge in [-0.3, -0.25) is 0 Å². The molecule has 8 heteroatoms. The van der Waals surface area contributed by atoms with Crippen molar-refractivity contribution in [2.24, 2.45) is 7.05 Å². The molecular formula is C18H19N5O2S. The molecule has 0 aliphatic rings. The number of aliphatic hydroxyl groups excluding tert-OH is 1. The maximum atomic E-state index is 10.4. The molecule has 0 atom stereocenters. The fraction of sp³-hybridized carbons (Fsp3) is 0.333. The first-order valence-electron chi connectivity index (χ1n) is 8.02. The van der Waals surface area contributed by atoms with Gasteiger partial charge in [-0.25, -0.2) is 4.98 Å². The number of aliphatic hydroxyl groups is 1. The molecule has 0 amide bonds. The van der Waals surface area contributed by atoms with Crippen molar-refractivity contribution >= 4 is 28.4 Å². The average Bonchev–Trinajstić information content (AvgIpc) is 3.20. The number of thioether (sulfide) groups is 1. The minimum atomic E-state index is -0.241. The Hall–Kier alpha value is -2.79. The minimum Gasteiger partial charge on any atom is -0.510 e. The van der Waals surface area contributed by atoms with Crippen molar-refractivity contribution in [3.8, 4) is 6.07 Å². The molecule has 0 bridgehead atoms. The Bertz CT molecular complexity index is 1020. The van der Waals surface area contributed by atoms with Gasteiger partial charge in [-0.1, -0.05) is 44.7 Å². The molecule has 3 aromatic rings. The monoisotopic (exact) mass is 369 g/mol. The van der Waals surface area contributed by atoms with Crippen molar-refractivity contribution in [1.29, 1.82) is 5.26 Å². The van der Waals surface area contributed by atoms with Crippen LogP contribution in [0.4, 0.5) is 0 Å². The van der Waals surface area contributed by atoms with Crippen LogP contribution in [0, 0.1) is 11.3 Å². The van der Waals surface area contributed by atoms with E-state index in [-0.39, 0.29) is 22.5 Å². The largest absolute Gasteiger partial charge is 0.510 e. The van der Waals surface area contributed by atoms with Gasteiger partial charge in [0.25, 0.3) is 5.22 Å². The summed E-state index contributed by atoms with van der Waals surface area (Å²) in [5.41, 5.74) is 1.55. The van der Waals surface area contributed by atoms with E-state index in [2.05, 4.69) is 21.3 Å². The molecule has 0 fully saturated rings. The molecule has 2 heterocycles. The van der Waals surface area contributed by atoms with Gasteiger partial charge in [-0.05, 0) is 12.1 Å². The number of para-hydroxylation sites is 2. The second-order valence-electron chi connectivity index (χ2n) is 6.83. The van der Waals surface area contributed by atoms with Crippen LogP contribution in [0.5, 0.6) is 0 Å². The van der Waals surface area contributed by atoms with Crippen molar-refractivity contribution < 1.29 is 9.52 Å². The Labute approximate surface area is 155 Å². The highest BCUT2D eigenvalue weighted by atomic mass is 32.2. The van der Waals surface area contributed by atoms with Crippen LogP contribution < -0.4 is 0 Å². The first kappa shape index (κ1) is 18.0. The van der Waals surface area contributed by atoms with Crippen LogP contribution in [0.1, 0.15) is 32.5 Å². The third-order valence-electron chi connectivity index (χ3n) is 3.79. The number of hydrogen-bond donors (Lipinski definition) is 1. The quantitative estimate of drug-likeness (QED) is 0.423. The number of allylic oxidation sites excluding steroid dienone is 1. The Morgan fingerprint density at radius 2 is 2.04 bits per heavy atom. The van der Waals surface area contributed by atoms with Crippen molar-refractivity contribution in [1.82, 2.24) is 19.7 Å². The highest BCUT2D eigenvalue weighted by Crippen LogP contribution is 2.28. The van der Waals surface area contributed by atoms with Crippen LogP contribution in [0.25, 0.3) is 16.6 Å². The lowest BCUT2D eigenvalue weighted by atomic mass is 9.97. The van der Waals surface area contributed by atoms with Crippen molar-refractivity contribution in [2.75, 3.05) is 5.75 Å². The molecule has 26 heavy (non-hydrogen) atoms. The number of aromatic nitrogens is 4. The van der Waals surface area contributed by atoms with E-state index in [1.165, 1.54) is 11.8 Å². The van der Waals surface area contributed by atoms with Crippen LogP contribution in [0.2, 0.25) is 0 Å². The summed E-state index contributed by atoms with van der Waals surface area (Å²) < 4.78 is 7.38. The van der Waals surface area contributed by atoms with E-state index < -0.39 is 0 Å². The van der Waals surface area contributed by atoms with Gasteiger partial charge < -0.3 is 14.1 Å². The molecule has 0 aliphatic carbocycles. The summed E-state index contributed by atoms with van der Waals surface area (Å²) in [5.74, 6) is 1.01. The topological polar surface area (TPSA) is 101 Å². The molecule has 3 rings (SSSR count). The van der Waals surface area contributed by atoms with E-state index in [9.17, 15) is 10.4 Å². The maximum Gasteiger partial charge on any atom is 0.277 e. The van der Waals surface area contributed by atoms with Crippen LogP contribution in [0.15, 0.2) is 39.7 Å². The maximum absolute atomic E-state index is 10.4. The summed E-state index contributed by atoms with van der Waals surface area (Å²) in [7, 11) is 1.82. The van der Waals surface area contributed by atoms with E-state index in [0.717, 1.165) is 11.0 Å². The fourth-order valence-electron chi connectivity index (χ4n) is 2.39. The lowest BCUT2D eigenvalue weighted by molar-refractivity contribution is 0.347. The summed E-state index contributed by atoms with van der Waals surface area (Å²) in [6.45, 7) is 5.93. The molecule has 1 N–H and O–H groups in total. The SMILES string of the molecule is Cn1c(/C(C#N)=C(\O)CSc2nnc(C(C)(C)C)o2)nc2ccccc21. The molecule has 7 nitrogen and oxygen atoms in total. The number of rotatable bonds is 4. The van der Waals surface area contributed by atoms with Gasteiger partial charge in [0.15, 0.2) is 5.82 Å². The summed E-state index contributed by atoms with van der Waals surface area (Å²) in [6.07, 6.45) is 0. The van der Waals surface area contributed by atoms with Crippen molar-refractivity contribution in [3.63, 3.8) is 0 Å². The van der Waals surface area contributed by atoms with Crippen molar-refractivity contribution in [3.05, 3.63) is 41.7 Å². The molecule has 134 valence electrons. The highest BCUT2D eigenvalue weighted by Gasteiger charge is 2.22. The third kappa shape index (κ3) is 3.44. The van der Waals surface area contributed by atoms with E-state index >= 15 is 0 Å². The number of nitriles is 1. The minimum absolute atomic E-state index is 0.0774. The van der Waals surface area contributed by atoms with Gasteiger partial charge in [-0.2, -0.15) is 5.26 Å². The molecule has 0 radical (unpaired) electrons. The second-order valence-corrected chi connectivity index (χ2v) is 7.76. The summed E-state index contributed by atoms with van der Waals surface area (Å²) >= 11 is 1.18. The number of nitrogens with zero attached hydrogens (tertiary/aromatic N) is 5. The van der Waals surface area contributed by atoms with E-state index in [1.807, 2.05) is 52.1 Å². The molecule has 2 aromatic heterocycles. The number of hydrogen-bond acceptors (Lipinski definition) is 7. The van der Waals surface area contributed by atoms with Crippen LogP contribution in [0.3, 0.4) is 0 Å². The predicted molar refractivity (Wildman–Crippen MR) is 99.6 cm³/mol. The van der Waals surface area contributed by atoms with Crippen molar-refractivity contribution in [2.45, 2.75) is 31.4 Å². The standard InChI is InChI=1S/C18H19N5O2S/c1-18(2,3)16-21-22-17(25-16)26-10-14(24)11(9-19)15-20-12-7-5-6-8-13(12)23(15)4/h5-8,24H,10H2,1-4H3/b14-11-. The number of aryl methyl sites for hydroxylation is 1. The molecule has 0 spiro atoms. The lowest BCUT2D eigenvalue weighted by Crippen LogP contribution is -2.11. The predicted octanol–water partition coefficient (Wildman–Crippen LogP) is 3.84. The van der Waals surface area contributed by atoms with Crippen LogP contribution in [-0.4, -0.2) is 30.6 Å². The van der Waals surface area contributed by atoms with Gasteiger partial charge in [-0.15, -0.1) is 10.2 Å². The number of imidazole rings is 1. The van der Waals surface area contributed by atoms with Gasteiger partial charge in [0.05, 0.1) is 16.8 Å². The first-order chi connectivity index (χ1) is 12.3. The fourth-order valence-corrected chi connectivity index (χ4v) is 3.03. The third-order valence-corrected chi connectivity index (χ3v) is 4.62. The zero-order valence-corrected chi connectivity index (χ0v) is 15.8. The van der Waals surface area contributed by atoms with Gasteiger partial charge in [0.2, 0.25) is 5.89 Å². The molecule has 0 unspecified atom stereocenters. The Morgan fingerprint density at radius 1 is 1.31 bits per heavy atom. The number of fused-ring (bicyclic) bond motifs is 1. The zero-order chi connectivity index (χ0) is 18.9. The molecular weight excluding hydrogens is 350 g/mol. The van der Waals surface area contributed by atoms with E-state index in [0.29, 0.717) is 16.9 Å². The normalized spacial score (nSPS) is 12.9. The van der Waals surface area contributed by atoms with Gasteiger partial charge >= 0.3 is 0 Å². The molecule has 0 saturated heterocycles. The van der Waals surface area contributed by atoms with Gasteiger partial charge in [0.1, 0.15) is 17.4 Å². The van der Waals surface area contributed by atoms with Gasteiger partial charge in [0, 0.05) is 12.5 Å². The summed E-state index contributed by atoms with van der Waals surface area (Å²) in [5, 5.41) is 28.3. The Kier molecular flexibility index (Phi) is 4.74. The molecule has 0 aliphatic heterocycles. The highest BCUT2D eigenvalue weighted by molar-refractivity contribution is 7.99. The first-order valence-corrected chi connectivity index (χ1v) is 9.00. The molecule has 1 aromatic carbocycles. The molecule has 0 saturated carbocycles.